The van der Waals surface area contributed by atoms with Crippen molar-refractivity contribution in [2.45, 2.75) is 39.5 Å². The Labute approximate surface area is 162 Å². The van der Waals surface area contributed by atoms with Crippen LogP contribution in [0, 0.1) is 0 Å². The zero-order valence-electron chi connectivity index (χ0n) is 16.7. The van der Waals surface area contributed by atoms with Crippen LogP contribution in [0.3, 0.4) is 0 Å². The summed E-state index contributed by atoms with van der Waals surface area (Å²) in [6, 6.07) is 13.9. The number of hydrogen-bond donors (Lipinski definition) is 2. The average molecular weight is 370 g/mol. The van der Waals surface area contributed by atoms with Crippen LogP contribution >= 0.6 is 0 Å². The van der Waals surface area contributed by atoms with Crippen LogP contribution in [-0.4, -0.2) is 36.7 Å². The Balaban J connectivity index is 1.95. The highest BCUT2D eigenvalue weighted by molar-refractivity contribution is 5.79. The van der Waals surface area contributed by atoms with Gasteiger partial charge in [0.2, 0.25) is 5.88 Å². The fourth-order valence-corrected chi connectivity index (χ4v) is 2.24. The Morgan fingerprint density at radius 3 is 2.59 bits per heavy atom. The van der Waals surface area contributed by atoms with Crippen LogP contribution in [0.1, 0.15) is 31.9 Å². The second-order valence-corrected chi connectivity index (χ2v) is 6.79. The lowest BCUT2D eigenvalue weighted by molar-refractivity contribution is 0.0268. The molecule has 146 valence electrons. The molecule has 2 rings (SSSR count). The Morgan fingerprint density at radius 2 is 1.89 bits per heavy atom. The molecule has 0 amide bonds. The summed E-state index contributed by atoms with van der Waals surface area (Å²) in [7, 11) is 1.71. The van der Waals surface area contributed by atoms with Gasteiger partial charge in [-0.2, -0.15) is 0 Å². The van der Waals surface area contributed by atoms with Crippen molar-refractivity contribution in [3.05, 3.63) is 59.8 Å². The molecule has 2 aromatic rings. The Kier molecular flexibility index (Phi) is 8.07. The molecule has 1 aromatic heterocycles. The molecule has 2 N–H and O–H groups in total. The van der Waals surface area contributed by atoms with E-state index in [0.29, 0.717) is 25.6 Å². The van der Waals surface area contributed by atoms with E-state index >= 15 is 0 Å². The van der Waals surface area contributed by atoms with Gasteiger partial charge in [-0.3, -0.25) is 0 Å². The van der Waals surface area contributed by atoms with Gasteiger partial charge in [-0.25, -0.2) is 9.98 Å². The summed E-state index contributed by atoms with van der Waals surface area (Å²) in [6.45, 7) is 8.59. The minimum absolute atomic E-state index is 0.259. The maximum atomic E-state index is 5.79. The third-order valence-electron chi connectivity index (χ3n) is 4.03. The lowest BCUT2D eigenvalue weighted by Crippen LogP contribution is -2.45. The second-order valence-electron chi connectivity index (χ2n) is 6.79. The number of guanidine groups is 1. The molecule has 1 heterocycles. The van der Waals surface area contributed by atoms with Crippen molar-refractivity contribution in [3.63, 3.8) is 0 Å². The molecule has 0 aliphatic carbocycles. The summed E-state index contributed by atoms with van der Waals surface area (Å²) >= 11 is 0. The van der Waals surface area contributed by atoms with Crippen LogP contribution in [-0.2, 0) is 17.9 Å². The number of benzene rings is 1. The normalized spacial score (nSPS) is 11.9. The van der Waals surface area contributed by atoms with E-state index < -0.39 is 0 Å². The number of pyridine rings is 1. The smallest absolute Gasteiger partial charge is 0.213 e. The standard InChI is InChI=1S/C21H30N4O2/c1-5-22-20(25-16-21(2,3)26-4)24-14-18-11-12-23-19(13-18)27-15-17-9-7-6-8-10-17/h6-13H,5,14-16H2,1-4H3,(H2,22,24,25). The van der Waals surface area contributed by atoms with Gasteiger partial charge in [0.1, 0.15) is 6.61 Å². The molecular formula is C21H30N4O2. The fraction of sp³-hybridized carbons (Fsp3) is 0.429. The van der Waals surface area contributed by atoms with Gasteiger partial charge in [0.25, 0.3) is 0 Å². The highest BCUT2D eigenvalue weighted by Gasteiger charge is 2.16. The molecule has 0 unspecified atom stereocenters. The molecule has 0 spiro atoms. The summed E-state index contributed by atoms with van der Waals surface area (Å²) in [5.74, 6) is 1.36. The number of aromatic nitrogens is 1. The zero-order valence-corrected chi connectivity index (χ0v) is 16.7. The van der Waals surface area contributed by atoms with Gasteiger partial charge in [0, 0.05) is 32.5 Å². The van der Waals surface area contributed by atoms with Crippen molar-refractivity contribution < 1.29 is 9.47 Å². The van der Waals surface area contributed by atoms with Gasteiger partial charge >= 0.3 is 0 Å². The molecule has 0 atom stereocenters. The average Bonchev–Trinajstić information content (AvgIpc) is 2.70. The van der Waals surface area contributed by atoms with E-state index in [1.807, 2.05) is 63.2 Å². The monoisotopic (exact) mass is 370 g/mol. The van der Waals surface area contributed by atoms with Gasteiger partial charge in [0.05, 0.1) is 12.1 Å². The Hall–Kier alpha value is -2.60. The minimum atomic E-state index is -0.259. The molecule has 0 saturated heterocycles. The van der Waals surface area contributed by atoms with Crippen molar-refractivity contribution in [2.24, 2.45) is 4.99 Å². The maximum Gasteiger partial charge on any atom is 0.213 e. The molecule has 0 fully saturated rings. The number of nitrogens with one attached hydrogen (secondary N) is 2. The SMILES string of the molecule is CCNC(=NCc1ccnc(OCc2ccccc2)c1)NCC(C)(C)OC. The zero-order chi connectivity index (χ0) is 19.5. The van der Waals surface area contributed by atoms with Gasteiger partial charge in [-0.05, 0) is 38.0 Å². The third kappa shape index (κ3) is 7.66. The number of rotatable bonds is 9. The van der Waals surface area contributed by atoms with Crippen molar-refractivity contribution >= 4 is 5.96 Å². The number of methoxy groups -OCH3 is 1. The Morgan fingerprint density at radius 1 is 1.11 bits per heavy atom. The topological polar surface area (TPSA) is 67.8 Å². The van der Waals surface area contributed by atoms with Crippen molar-refractivity contribution in [1.29, 1.82) is 0 Å². The highest BCUT2D eigenvalue weighted by atomic mass is 16.5. The van der Waals surface area contributed by atoms with Crippen LogP contribution in [0.2, 0.25) is 0 Å². The van der Waals surface area contributed by atoms with Gasteiger partial charge in [-0.1, -0.05) is 30.3 Å². The largest absolute Gasteiger partial charge is 0.473 e. The first-order valence-corrected chi connectivity index (χ1v) is 9.21. The van der Waals surface area contributed by atoms with Crippen LogP contribution in [0.15, 0.2) is 53.7 Å². The Bertz CT molecular complexity index is 717. The lowest BCUT2D eigenvalue weighted by atomic mass is 10.1. The van der Waals surface area contributed by atoms with Crippen LogP contribution < -0.4 is 15.4 Å². The summed E-state index contributed by atoms with van der Waals surface area (Å²) in [5.41, 5.74) is 1.89. The molecule has 6 heteroatoms. The predicted molar refractivity (Wildman–Crippen MR) is 109 cm³/mol. The number of hydrogen-bond acceptors (Lipinski definition) is 4. The van der Waals surface area contributed by atoms with Crippen LogP contribution in [0.5, 0.6) is 5.88 Å². The fourth-order valence-electron chi connectivity index (χ4n) is 2.24. The lowest BCUT2D eigenvalue weighted by Gasteiger charge is -2.24. The molecule has 0 saturated carbocycles. The minimum Gasteiger partial charge on any atom is -0.473 e. The van der Waals surface area contributed by atoms with E-state index in [4.69, 9.17) is 9.47 Å². The second kappa shape index (κ2) is 10.5. The molecule has 0 aliphatic rings. The molecule has 1 aromatic carbocycles. The summed E-state index contributed by atoms with van der Waals surface area (Å²) in [5, 5.41) is 6.56. The summed E-state index contributed by atoms with van der Waals surface area (Å²) in [6.07, 6.45) is 1.75. The first kappa shape index (κ1) is 20.7. The number of nitrogens with zero attached hydrogens (tertiary/aromatic N) is 2. The number of aliphatic imine (C=N–C) groups is 1. The quantitative estimate of drug-likeness (QED) is 0.524. The first-order chi connectivity index (χ1) is 13.0. The number of ether oxygens (including phenoxy) is 2. The van der Waals surface area contributed by atoms with E-state index in [9.17, 15) is 0 Å². The molecule has 6 nitrogen and oxygen atoms in total. The van der Waals surface area contributed by atoms with Gasteiger partial charge in [-0.15, -0.1) is 0 Å². The van der Waals surface area contributed by atoms with Crippen molar-refractivity contribution in [1.82, 2.24) is 15.6 Å². The molecule has 27 heavy (non-hydrogen) atoms. The molecule has 0 aliphatic heterocycles. The van der Waals surface area contributed by atoms with Gasteiger partial charge < -0.3 is 20.1 Å². The van der Waals surface area contributed by atoms with E-state index in [1.54, 1.807) is 13.3 Å². The maximum absolute atomic E-state index is 5.79. The predicted octanol–water partition coefficient (Wildman–Crippen LogP) is 3.14. The van der Waals surface area contributed by atoms with Crippen LogP contribution in [0.25, 0.3) is 0 Å². The van der Waals surface area contributed by atoms with Crippen molar-refractivity contribution in [2.75, 3.05) is 20.2 Å². The van der Waals surface area contributed by atoms with Crippen molar-refractivity contribution in [3.8, 4) is 5.88 Å². The van der Waals surface area contributed by atoms with E-state index in [0.717, 1.165) is 23.6 Å². The van der Waals surface area contributed by atoms with E-state index in [1.165, 1.54) is 0 Å². The third-order valence-corrected chi connectivity index (χ3v) is 4.03. The molecular weight excluding hydrogens is 340 g/mol. The van der Waals surface area contributed by atoms with Gasteiger partial charge in [0.15, 0.2) is 5.96 Å². The highest BCUT2D eigenvalue weighted by Crippen LogP contribution is 2.12. The van der Waals surface area contributed by atoms with E-state index in [-0.39, 0.29) is 5.60 Å². The molecule has 0 bridgehead atoms. The first-order valence-electron chi connectivity index (χ1n) is 9.21. The van der Waals surface area contributed by atoms with Crippen LogP contribution in [0.4, 0.5) is 0 Å². The van der Waals surface area contributed by atoms with E-state index in [2.05, 4.69) is 20.6 Å². The molecule has 0 radical (unpaired) electrons. The summed E-state index contributed by atoms with van der Waals surface area (Å²) in [4.78, 5) is 8.92. The summed E-state index contributed by atoms with van der Waals surface area (Å²) < 4.78 is 11.2.